The maximum Gasteiger partial charge on any atom is 0.164 e. The normalized spacial score (nSPS) is 15.4. The first-order valence-electron chi connectivity index (χ1n) is 8.64. The SMILES string of the molecule is Nc1ccccc1C(=O)CCCN1CCN(c2ccccc2)CC1. The molecule has 1 aliphatic heterocycles. The number of anilines is 2. The summed E-state index contributed by atoms with van der Waals surface area (Å²) < 4.78 is 0. The van der Waals surface area contributed by atoms with Gasteiger partial charge in [-0.25, -0.2) is 0 Å². The number of ketones is 1. The summed E-state index contributed by atoms with van der Waals surface area (Å²) in [6.07, 6.45) is 1.45. The third-order valence-corrected chi connectivity index (χ3v) is 4.63. The molecular formula is C20H25N3O. The zero-order valence-corrected chi connectivity index (χ0v) is 14.0. The molecule has 0 unspecified atom stereocenters. The van der Waals surface area contributed by atoms with Crippen molar-refractivity contribution in [2.75, 3.05) is 43.4 Å². The van der Waals surface area contributed by atoms with E-state index in [0.29, 0.717) is 17.7 Å². The van der Waals surface area contributed by atoms with Gasteiger partial charge in [-0.2, -0.15) is 0 Å². The van der Waals surface area contributed by atoms with Crippen LogP contribution in [0.3, 0.4) is 0 Å². The molecule has 0 amide bonds. The van der Waals surface area contributed by atoms with Crippen molar-refractivity contribution in [2.24, 2.45) is 0 Å². The van der Waals surface area contributed by atoms with E-state index in [-0.39, 0.29) is 5.78 Å². The molecule has 0 atom stereocenters. The Morgan fingerprint density at radius 3 is 2.29 bits per heavy atom. The molecule has 1 aliphatic rings. The van der Waals surface area contributed by atoms with E-state index in [1.165, 1.54) is 5.69 Å². The summed E-state index contributed by atoms with van der Waals surface area (Å²) in [6.45, 7) is 5.17. The predicted molar refractivity (Wildman–Crippen MR) is 99.5 cm³/mol. The zero-order chi connectivity index (χ0) is 16.8. The molecule has 0 aliphatic carbocycles. The maximum absolute atomic E-state index is 12.2. The topological polar surface area (TPSA) is 49.6 Å². The number of nitrogens with zero attached hydrogens (tertiary/aromatic N) is 2. The van der Waals surface area contributed by atoms with Crippen molar-refractivity contribution in [3.63, 3.8) is 0 Å². The van der Waals surface area contributed by atoms with Crippen molar-refractivity contribution in [2.45, 2.75) is 12.8 Å². The maximum atomic E-state index is 12.2. The minimum absolute atomic E-state index is 0.149. The van der Waals surface area contributed by atoms with Crippen LogP contribution in [0.25, 0.3) is 0 Å². The van der Waals surface area contributed by atoms with Gasteiger partial charge in [0.1, 0.15) is 0 Å². The largest absolute Gasteiger partial charge is 0.398 e. The van der Waals surface area contributed by atoms with Crippen LogP contribution in [0, 0.1) is 0 Å². The number of carbonyl (C=O) groups is 1. The summed E-state index contributed by atoms with van der Waals surface area (Å²) in [6, 6.07) is 17.9. The fraction of sp³-hybridized carbons (Fsp3) is 0.350. The van der Waals surface area contributed by atoms with Crippen molar-refractivity contribution in [1.29, 1.82) is 0 Å². The average Bonchev–Trinajstić information content (AvgIpc) is 2.63. The van der Waals surface area contributed by atoms with Crippen LogP contribution < -0.4 is 10.6 Å². The van der Waals surface area contributed by atoms with Gasteiger partial charge < -0.3 is 10.6 Å². The summed E-state index contributed by atoms with van der Waals surface area (Å²) in [5.41, 5.74) is 8.41. The van der Waals surface area contributed by atoms with Gasteiger partial charge in [0.15, 0.2) is 5.78 Å². The lowest BCUT2D eigenvalue weighted by Gasteiger charge is -2.36. The quantitative estimate of drug-likeness (QED) is 0.656. The van der Waals surface area contributed by atoms with Gasteiger partial charge in [-0.1, -0.05) is 30.3 Å². The van der Waals surface area contributed by atoms with Crippen LogP contribution in [0.15, 0.2) is 54.6 Å². The van der Waals surface area contributed by atoms with Crippen LogP contribution in [-0.2, 0) is 0 Å². The number of rotatable bonds is 6. The Hall–Kier alpha value is -2.33. The highest BCUT2D eigenvalue weighted by atomic mass is 16.1. The van der Waals surface area contributed by atoms with E-state index in [4.69, 9.17) is 5.73 Å². The third kappa shape index (κ3) is 4.15. The Labute approximate surface area is 143 Å². The molecule has 126 valence electrons. The molecule has 24 heavy (non-hydrogen) atoms. The van der Waals surface area contributed by atoms with Crippen LogP contribution in [-0.4, -0.2) is 43.4 Å². The first-order valence-corrected chi connectivity index (χ1v) is 8.64. The predicted octanol–water partition coefficient (Wildman–Crippen LogP) is 3.05. The Balaban J connectivity index is 1.41. The molecule has 0 saturated carbocycles. The van der Waals surface area contributed by atoms with Crippen LogP contribution in [0.5, 0.6) is 0 Å². The zero-order valence-electron chi connectivity index (χ0n) is 14.0. The number of Topliss-reactive ketones (excluding diaryl/α,β-unsaturated/α-hetero) is 1. The second-order valence-corrected chi connectivity index (χ2v) is 6.28. The van der Waals surface area contributed by atoms with Gasteiger partial charge in [0, 0.05) is 49.5 Å². The number of hydrogen-bond acceptors (Lipinski definition) is 4. The molecule has 0 radical (unpaired) electrons. The number of nitrogen functional groups attached to an aromatic ring is 1. The van der Waals surface area contributed by atoms with Gasteiger partial charge in [-0.3, -0.25) is 9.69 Å². The molecule has 4 nitrogen and oxygen atoms in total. The fourth-order valence-electron chi connectivity index (χ4n) is 3.22. The van der Waals surface area contributed by atoms with E-state index in [1.807, 2.05) is 18.2 Å². The summed E-state index contributed by atoms with van der Waals surface area (Å²) >= 11 is 0. The van der Waals surface area contributed by atoms with Crippen LogP contribution in [0.1, 0.15) is 23.2 Å². The highest BCUT2D eigenvalue weighted by Gasteiger charge is 2.17. The van der Waals surface area contributed by atoms with Crippen molar-refractivity contribution in [3.05, 3.63) is 60.2 Å². The van der Waals surface area contributed by atoms with Crippen molar-refractivity contribution < 1.29 is 4.79 Å². The molecule has 2 N–H and O–H groups in total. The Morgan fingerprint density at radius 1 is 0.917 bits per heavy atom. The molecular weight excluding hydrogens is 298 g/mol. The molecule has 4 heteroatoms. The monoisotopic (exact) mass is 323 g/mol. The number of para-hydroxylation sites is 2. The summed E-state index contributed by atoms with van der Waals surface area (Å²) in [5, 5.41) is 0. The van der Waals surface area contributed by atoms with E-state index in [0.717, 1.165) is 39.1 Å². The van der Waals surface area contributed by atoms with Crippen LogP contribution in [0.2, 0.25) is 0 Å². The molecule has 2 aromatic carbocycles. The minimum atomic E-state index is 0.149. The molecule has 0 bridgehead atoms. The lowest BCUT2D eigenvalue weighted by molar-refractivity contribution is 0.0975. The van der Waals surface area contributed by atoms with Crippen LogP contribution >= 0.6 is 0 Å². The van der Waals surface area contributed by atoms with E-state index in [2.05, 4.69) is 40.1 Å². The Kier molecular flexibility index (Phi) is 5.49. The Morgan fingerprint density at radius 2 is 1.58 bits per heavy atom. The van der Waals surface area contributed by atoms with Crippen LogP contribution in [0.4, 0.5) is 11.4 Å². The number of piperazine rings is 1. The summed E-state index contributed by atoms with van der Waals surface area (Å²) in [4.78, 5) is 17.1. The van der Waals surface area contributed by atoms with Gasteiger partial charge in [0.05, 0.1) is 0 Å². The highest BCUT2D eigenvalue weighted by molar-refractivity contribution is 6.00. The van der Waals surface area contributed by atoms with Gasteiger partial charge >= 0.3 is 0 Å². The fourth-order valence-corrected chi connectivity index (χ4v) is 3.22. The van der Waals surface area contributed by atoms with Crippen molar-refractivity contribution in [1.82, 2.24) is 4.90 Å². The van der Waals surface area contributed by atoms with Crippen molar-refractivity contribution in [3.8, 4) is 0 Å². The molecule has 2 aromatic rings. The van der Waals surface area contributed by atoms with E-state index in [1.54, 1.807) is 6.07 Å². The number of hydrogen-bond donors (Lipinski definition) is 1. The number of nitrogens with two attached hydrogens (primary N) is 1. The number of carbonyl (C=O) groups excluding carboxylic acids is 1. The molecule has 0 spiro atoms. The lowest BCUT2D eigenvalue weighted by Crippen LogP contribution is -2.46. The highest BCUT2D eigenvalue weighted by Crippen LogP contribution is 2.17. The molecule has 1 heterocycles. The molecule has 3 rings (SSSR count). The van der Waals surface area contributed by atoms with Gasteiger partial charge in [-0.15, -0.1) is 0 Å². The Bertz CT molecular complexity index is 664. The molecule has 1 fully saturated rings. The summed E-state index contributed by atoms with van der Waals surface area (Å²) in [5.74, 6) is 0.149. The standard InChI is InChI=1S/C20H25N3O/c21-19-10-5-4-9-18(19)20(24)11-6-12-22-13-15-23(16-14-22)17-7-2-1-3-8-17/h1-5,7-10H,6,11-16,21H2. The second-order valence-electron chi connectivity index (χ2n) is 6.28. The van der Waals surface area contributed by atoms with E-state index >= 15 is 0 Å². The second kappa shape index (κ2) is 7.97. The van der Waals surface area contributed by atoms with E-state index < -0.39 is 0 Å². The van der Waals surface area contributed by atoms with Gasteiger partial charge in [0.25, 0.3) is 0 Å². The van der Waals surface area contributed by atoms with Gasteiger partial charge in [0.2, 0.25) is 0 Å². The smallest absolute Gasteiger partial charge is 0.164 e. The summed E-state index contributed by atoms with van der Waals surface area (Å²) in [7, 11) is 0. The van der Waals surface area contributed by atoms with E-state index in [9.17, 15) is 4.79 Å². The minimum Gasteiger partial charge on any atom is -0.398 e. The molecule has 0 aromatic heterocycles. The first-order chi connectivity index (χ1) is 11.7. The molecule has 1 saturated heterocycles. The van der Waals surface area contributed by atoms with Gasteiger partial charge in [-0.05, 0) is 37.2 Å². The first kappa shape index (κ1) is 16.5. The lowest BCUT2D eigenvalue weighted by atomic mass is 10.0. The average molecular weight is 323 g/mol. The third-order valence-electron chi connectivity index (χ3n) is 4.63. The van der Waals surface area contributed by atoms with Crippen molar-refractivity contribution >= 4 is 17.2 Å². The number of benzene rings is 2.